The van der Waals surface area contributed by atoms with E-state index in [2.05, 4.69) is 19.2 Å². The van der Waals surface area contributed by atoms with Crippen molar-refractivity contribution in [2.45, 2.75) is 39.5 Å². The van der Waals surface area contributed by atoms with Crippen molar-refractivity contribution in [3.05, 3.63) is 23.7 Å². The van der Waals surface area contributed by atoms with E-state index in [0.717, 1.165) is 17.9 Å². The highest BCUT2D eigenvalue weighted by Crippen LogP contribution is 2.24. The van der Waals surface area contributed by atoms with Crippen LogP contribution in [0.25, 0.3) is 0 Å². The molecule has 1 heterocycles. The Morgan fingerprint density at radius 1 is 1.50 bits per heavy atom. The van der Waals surface area contributed by atoms with E-state index in [4.69, 9.17) is 10.2 Å². The maximum absolute atomic E-state index is 11.9. The zero-order valence-corrected chi connectivity index (χ0v) is 11.7. The summed E-state index contributed by atoms with van der Waals surface area (Å²) in [4.78, 5) is 11.9. The van der Waals surface area contributed by atoms with Gasteiger partial charge in [-0.3, -0.25) is 4.79 Å². The van der Waals surface area contributed by atoms with E-state index in [9.17, 15) is 4.79 Å². The lowest BCUT2D eigenvalue weighted by molar-refractivity contribution is -0.125. The maximum atomic E-state index is 11.9. The van der Waals surface area contributed by atoms with Gasteiger partial charge in [0.05, 0.1) is 0 Å². The molecule has 0 radical (unpaired) electrons. The highest BCUT2D eigenvalue weighted by Gasteiger charge is 2.26. The lowest BCUT2D eigenvalue weighted by Gasteiger charge is -2.24. The van der Waals surface area contributed by atoms with Gasteiger partial charge < -0.3 is 15.5 Å². The van der Waals surface area contributed by atoms with Crippen LogP contribution in [0.4, 0.5) is 0 Å². The zero-order valence-electron chi connectivity index (χ0n) is 11.7. The zero-order chi connectivity index (χ0) is 13.8. The van der Waals surface area contributed by atoms with Gasteiger partial charge in [-0.2, -0.15) is 0 Å². The number of nitrogens with one attached hydrogen (secondary N) is 1. The molecule has 1 unspecified atom stereocenters. The summed E-state index contributed by atoms with van der Waals surface area (Å²) in [5, 5.41) is 2.95. The number of hydrogen-bond donors (Lipinski definition) is 2. The van der Waals surface area contributed by atoms with Crippen LogP contribution in [-0.4, -0.2) is 19.0 Å². The molecule has 0 bridgehead atoms. The van der Waals surface area contributed by atoms with Gasteiger partial charge >= 0.3 is 0 Å². The summed E-state index contributed by atoms with van der Waals surface area (Å²) in [6.45, 7) is 8.93. The van der Waals surface area contributed by atoms with Crippen molar-refractivity contribution in [3.63, 3.8) is 0 Å². The van der Waals surface area contributed by atoms with Gasteiger partial charge in [-0.15, -0.1) is 0 Å². The number of carbonyl (C=O) groups excluding carboxylic acids is 1. The number of furan rings is 1. The Kier molecular flexibility index (Phi) is 4.96. The minimum Gasteiger partial charge on any atom is -0.466 e. The second-order valence-corrected chi connectivity index (χ2v) is 5.35. The van der Waals surface area contributed by atoms with Crippen LogP contribution in [0.2, 0.25) is 0 Å². The minimum atomic E-state index is -0.211. The van der Waals surface area contributed by atoms with Gasteiger partial charge in [0.15, 0.2) is 0 Å². The van der Waals surface area contributed by atoms with Crippen LogP contribution in [-0.2, 0) is 10.2 Å². The van der Waals surface area contributed by atoms with Gasteiger partial charge in [-0.25, -0.2) is 0 Å². The first-order valence-corrected chi connectivity index (χ1v) is 6.45. The molecule has 0 saturated heterocycles. The smallest absolute Gasteiger partial charge is 0.224 e. The van der Waals surface area contributed by atoms with Crippen LogP contribution in [0.3, 0.4) is 0 Å². The van der Waals surface area contributed by atoms with Crippen LogP contribution in [0.5, 0.6) is 0 Å². The molecule has 1 aromatic heterocycles. The lowest BCUT2D eigenvalue weighted by atomic mass is 9.90. The topological polar surface area (TPSA) is 68.3 Å². The van der Waals surface area contributed by atoms with Gasteiger partial charge in [0.25, 0.3) is 0 Å². The standard InChI is InChI=1S/C14H24N2O2/c1-5-11(8-15)13(17)16-9-14(3,4)12-7-6-10(2)18-12/h6-7,11H,5,8-9,15H2,1-4H3,(H,16,17). The number of amides is 1. The molecule has 18 heavy (non-hydrogen) atoms. The lowest BCUT2D eigenvalue weighted by Crippen LogP contribution is -2.41. The molecule has 4 nitrogen and oxygen atoms in total. The van der Waals surface area contributed by atoms with Crippen molar-refractivity contribution >= 4 is 5.91 Å². The fourth-order valence-corrected chi connectivity index (χ4v) is 1.80. The third-order valence-corrected chi connectivity index (χ3v) is 3.26. The minimum absolute atomic E-state index is 0.0244. The molecule has 0 aliphatic rings. The Balaban J connectivity index is 2.59. The maximum Gasteiger partial charge on any atom is 0.224 e. The SMILES string of the molecule is CCC(CN)C(=O)NCC(C)(C)c1ccc(C)o1. The van der Waals surface area contributed by atoms with Crippen molar-refractivity contribution in [1.82, 2.24) is 5.32 Å². The number of rotatable bonds is 6. The number of carbonyl (C=O) groups is 1. The molecule has 0 spiro atoms. The molecule has 4 heteroatoms. The normalized spacial score (nSPS) is 13.4. The number of hydrogen-bond acceptors (Lipinski definition) is 3. The molecule has 1 rings (SSSR count). The highest BCUT2D eigenvalue weighted by atomic mass is 16.3. The summed E-state index contributed by atoms with van der Waals surface area (Å²) in [7, 11) is 0. The van der Waals surface area contributed by atoms with Crippen molar-refractivity contribution in [2.75, 3.05) is 13.1 Å². The van der Waals surface area contributed by atoms with E-state index in [1.807, 2.05) is 26.0 Å². The average Bonchev–Trinajstić information content (AvgIpc) is 2.76. The van der Waals surface area contributed by atoms with Crippen LogP contribution >= 0.6 is 0 Å². The Labute approximate surface area is 109 Å². The molecular formula is C14H24N2O2. The van der Waals surface area contributed by atoms with E-state index in [1.54, 1.807) is 0 Å². The molecule has 0 aliphatic carbocycles. The van der Waals surface area contributed by atoms with Gasteiger partial charge in [0.2, 0.25) is 5.91 Å². The van der Waals surface area contributed by atoms with Gasteiger partial charge in [-0.05, 0) is 25.5 Å². The Hall–Kier alpha value is -1.29. The summed E-state index contributed by atoms with van der Waals surface area (Å²) >= 11 is 0. The first-order chi connectivity index (χ1) is 8.40. The second-order valence-electron chi connectivity index (χ2n) is 5.35. The molecule has 3 N–H and O–H groups in total. The van der Waals surface area contributed by atoms with Crippen molar-refractivity contribution < 1.29 is 9.21 Å². The molecule has 1 amide bonds. The predicted octanol–water partition coefficient (Wildman–Crippen LogP) is 1.97. The third kappa shape index (κ3) is 3.60. The van der Waals surface area contributed by atoms with Crippen LogP contribution < -0.4 is 11.1 Å². The Morgan fingerprint density at radius 3 is 2.61 bits per heavy atom. The van der Waals surface area contributed by atoms with Gasteiger partial charge in [0.1, 0.15) is 11.5 Å². The van der Waals surface area contributed by atoms with E-state index in [1.165, 1.54) is 0 Å². The molecule has 0 saturated carbocycles. The molecule has 102 valence electrons. The van der Waals surface area contributed by atoms with Crippen LogP contribution in [0.1, 0.15) is 38.7 Å². The average molecular weight is 252 g/mol. The summed E-state index contributed by atoms with van der Waals surface area (Å²) in [6, 6.07) is 3.90. The van der Waals surface area contributed by atoms with Crippen molar-refractivity contribution in [1.29, 1.82) is 0 Å². The fraction of sp³-hybridized carbons (Fsp3) is 0.643. The Bertz CT molecular complexity index is 392. The number of nitrogens with two attached hydrogens (primary N) is 1. The highest BCUT2D eigenvalue weighted by molar-refractivity contribution is 5.78. The quantitative estimate of drug-likeness (QED) is 0.813. The van der Waals surface area contributed by atoms with E-state index >= 15 is 0 Å². The third-order valence-electron chi connectivity index (χ3n) is 3.26. The van der Waals surface area contributed by atoms with E-state index in [-0.39, 0.29) is 17.2 Å². The van der Waals surface area contributed by atoms with Gasteiger partial charge in [0, 0.05) is 24.4 Å². The largest absolute Gasteiger partial charge is 0.466 e. The monoisotopic (exact) mass is 252 g/mol. The molecular weight excluding hydrogens is 228 g/mol. The van der Waals surface area contributed by atoms with Gasteiger partial charge in [-0.1, -0.05) is 20.8 Å². The predicted molar refractivity (Wildman–Crippen MR) is 72.3 cm³/mol. The molecule has 0 aliphatic heterocycles. The summed E-state index contributed by atoms with van der Waals surface area (Å²) in [6.07, 6.45) is 0.766. The summed E-state index contributed by atoms with van der Waals surface area (Å²) in [5.74, 6) is 1.70. The molecule has 1 aromatic rings. The Morgan fingerprint density at radius 2 is 2.17 bits per heavy atom. The first kappa shape index (κ1) is 14.8. The number of aryl methyl sites for hydroxylation is 1. The summed E-state index contributed by atoms with van der Waals surface area (Å²) < 4.78 is 5.62. The molecule has 1 atom stereocenters. The molecule has 0 fully saturated rings. The van der Waals surface area contributed by atoms with Crippen molar-refractivity contribution in [3.8, 4) is 0 Å². The van der Waals surface area contributed by atoms with Crippen LogP contribution in [0.15, 0.2) is 16.5 Å². The second kappa shape index (κ2) is 6.05. The first-order valence-electron chi connectivity index (χ1n) is 6.45. The van der Waals surface area contributed by atoms with Crippen molar-refractivity contribution in [2.24, 2.45) is 11.7 Å². The van der Waals surface area contributed by atoms with E-state index < -0.39 is 0 Å². The van der Waals surface area contributed by atoms with Crippen LogP contribution in [0, 0.1) is 12.8 Å². The molecule has 0 aromatic carbocycles. The van der Waals surface area contributed by atoms with E-state index in [0.29, 0.717) is 13.1 Å². The fourth-order valence-electron chi connectivity index (χ4n) is 1.80. The summed E-state index contributed by atoms with van der Waals surface area (Å²) in [5.41, 5.74) is 5.35.